The highest BCUT2D eigenvalue weighted by Gasteiger charge is 2.19. The summed E-state index contributed by atoms with van der Waals surface area (Å²) in [5, 5.41) is 28.5. The Kier molecular flexibility index (Phi) is 4.20. The van der Waals surface area contributed by atoms with Gasteiger partial charge in [0.2, 0.25) is 0 Å². The Bertz CT molecular complexity index is 290. The van der Waals surface area contributed by atoms with Crippen molar-refractivity contribution in [3.63, 3.8) is 0 Å². The minimum Gasteiger partial charge on any atom is -0.508 e. The number of hydrogen-bond acceptors (Lipinski definition) is 3. The molecule has 0 spiro atoms. The number of phenolic OH excluding ortho intramolecular Hbond substituents is 1. The zero-order valence-electron chi connectivity index (χ0n) is 7.60. The van der Waals surface area contributed by atoms with Crippen molar-refractivity contribution in [2.45, 2.75) is 18.6 Å². The summed E-state index contributed by atoms with van der Waals surface area (Å²) in [6.07, 6.45) is -1.74. The highest BCUT2D eigenvalue weighted by molar-refractivity contribution is 6.17. The predicted molar refractivity (Wildman–Crippen MR) is 54.4 cm³/mol. The van der Waals surface area contributed by atoms with Crippen LogP contribution in [0.2, 0.25) is 0 Å². The number of rotatable bonds is 4. The van der Waals surface area contributed by atoms with E-state index in [1.54, 1.807) is 18.2 Å². The van der Waals surface area contributed by atoms with Gasteiger partial charge in [-0.25, -0.2) is 0 Å². The molecule has 0 heterocycles. The zero-order valence-corrected chi connectivity index (χ0v) is 8.35. The molecule has 0 amide bonds. The maximum absolute atomic E-state index is 9.63. The first-order valence-corrected chi connectivity index (χ1v) is 4.90. The second-order valence-electron chi connectivity index (χ2n) is 3.05. The Labute approximate surface area is 87.6 Å². The topological polar surface area (TPSA) is 60.7 Å². The van der Waals surface area contributed by atoms with Crippen LogP contribution in [-0.4, -0.2) is 27.3 Å². The molecule has 3 N–H and O–H groups in total. The summed E-state index contributed by atoms with van der Waals surface area (Å²) in [5.74, 6) is 0.250. The largest absolute Gasteiger partial charge is 0.508 e. The summed E-state index contributed by atoms with van der Waals surface area (Å²) in [4.78, 5) is 0. The predicted octanol–water partition coefficient (Wildman–Crippen LogP) is 1.42. The van der Waals surface area contributed by atoms with Gasteiger partial charge in [0.05, 0.1) is 6.10 Å². The van der Waals surface area contributed by atoms with Crippen LogP contribution in [0.4, 0.5) is 0 Å². The number of halogens is 1. The van der Waals surface area contributed by atoms with Crippen molar-refractivity contribution in [2.24, 2.45) is 0 Å². The molecule has 0 bridgehead atoms. The molecule has 0 aliphatic heterocycles. The van der Waals surface area contributed by atoms with E-state index >= 15 is 0 Å². The molecule has 1 rings (SSSR count). The highest BCUT2D eigenvalue weighted by Crippen LogP contribution is 2.26. The summed E-state index contributed by atoms with van der Waals surface area (Å²) >= 11 is 5.43. The average Bonchev–Trinajstić information content (AvgIpc) is 2.18. The van der Waals surface area contributed by atoms with Gasteiger partial charge < -0.3 is 15.3 Å². The molecule has 0 aliphatic carbocycles. The summed E-state index contributed by atoms with van der Waals surface area (Å²) in [5.41, 5.74) is 0.324. The number of aromatic hydroxyl groups is 1. The fourth-order valence-electron chi connectivity index (χ4n) is 1.21. The smallest absolute Gasteiger partial charge is 0.121 e. The maximum atomic E-state index is 9.63. The summed E-state index contributed by atoms with van der Waals surface area (Å²) in [6, 6.07) is 6.37. The second-order valence-corrected chi connectivity index (χ2v) is 3.43. The van der Waals surface area contributed by atoms with Gasteiger partial charge in [-0.1, -0.05) is 18.2 Å². The normalized spacial score (nSPS) is 15.1. The molecule has 0 radical (unpaired) electrons. The lowest BCUT2D eigenvalue weighted by molar-refractivity contribution is 0.0157. The van der Waals surface area contributed by atoms with Gasteiger partial charge in [-0.2, -0.15) is 0 Å². The number of hydrogen-bond donors (Lipinski definition) is 3. The third-order valence-electron chi connectivity index (χ3n) is 2.02. The third kappa shape index (κ3) is 2.61. The monoisotopic (exact) mass is 216 g/mol. The first kappa shape index (κ1) is 11.3. The number of aliphatic hydroxyl groups is 2. The molecule has 0 saturated heterocycles. The summed E-state index contributed by atoms with van der Waals surface area (Å²) in [6.45, 7) is 0. The Morgan fingerprint density at radius 3 is 2.43 bits per heavy atom. The fraction of sp³-hybridized carbons (Fsp3) is 0.400. The molecule has 2 atom stereocenters. The molecule has 1 aromatic carbocycles. The molecule has 0 aromatic heterocycles. The Morgan fingerprint density at radius 2 is 1.86 bits per heavy atom. The fourth-order valence-corrected chi connectivity index (χ4v) is 1.44. The van der Waals surface area contributed by atoms with Gasteiger partial charge in [-0.3, -0.25) is 0 Å². The van der Waals surface area contributed by atoms with E-state index in [9.17, 15) is 15.3 Å². The van der Waals surface area contributed by atoms with Crippen LogP contribution in [0.1, 0.15) is 18.1 Å². The molecule has 3 nitrogen and oxygen atoms in total. The molecule has 14 heavy (non-hydrogen) atoms. The van der Waals surface area contributed by atoms with E-state index in [-0.39, 0.29) is 18.1 Å². The minimum atomic E-state index is -1.09. The SMILES string of the molecule is Oc1ccccc1C(O)C(O)CCCl. The Balaban J connectivity index is 2.78. The van der Waals surface area contributed by atoms with Crippen LogP contribution in [0.15, 0.2) is 24.3 Å². The molecule has 4 heteroatoms. The standard InChI is InChI=1S/C10H13ClO3/c11-6-5-9(13)10(14)7-3-1-2-4-8(7)12/h1-4,9-10,12-14H,5-6H2. The van der Waals surface area contributed by atoms with Gasteiger partial charge in [0.25, 0.3) is 0 Å². The lowest BCUT2D eigenvalue weighted by Gasteiger charge is -2.17. The molecule has 0 fully saturated rings. The van der Waals surface area contributed by atoms with E-state index in [0.717, 1.165) is 0 Å². The number of phenols is 1. The lowest BCUT2D eigenvalue weighted by atomic mass is 10.0. The summed E-state index contributed by atoms with van der Waals surface area (Å²) < 4.78 is 0. The molecule has 2 unspecified atom stereocenters. The Morgan fingerprint density at radius 1 is 1.21 bits per heavy atom. The molecule has 0 aliphatic rings. The van der Waals surface area contributed by atoms with E-state index < -0.39 is 12.2 Å². The van der Waals surface area contributed by atoms with Gasteiger partial charge in [0, 0.05) is 11.4 Å². The van der Waals surface area contributed by atoms with Gasteiger partial charge in [-0.05, 0) is 12.5 Å². The van der Waals surface area contributed by atoms with Crippen molar-refractivity contribution < 1.29 is 15.3 Å². The first-order chi connectivity index (χ1) is 6.66. The lowest BCUT2D eigenvalue weighted by Crippen LogP contribution is -2.18. The van der Waals surface area contributed by atoms with Gasteiger partial charge in [-0.15, -0.1) is 11.6 Å². The summed E-state index contributed by atoms with van der Waals surface area (Å²) in [7, 11) is 0. The molecule has 0 saturated carbocycles. The molecular weight excluding hydrogens is 204 g/mol. The number of para-hydroxylation sites is 1. The van der Waals surface area contributed by atoms with E-state index in [4.69, 9.17) is 11.6 Å². The van der Waals surface area contributed by atoms with Crippen LogP contribution >= 0.6 is 11.6 Å². The quantitative estimate of drug-likeness (QED) is 0.667. The number of alkyl halides is 1. The third-order valence-corrected chi connectivity index (χ3v) is 2.24. The van der Waals surface area contributed by atoms with Gasteiger partial charge in [0.15, 0.2) is 0 Å². The first-order valence-electron chi connectivity index (χ1n) is 4.36. The van der Waals surface area contributed by atoms with Gasteiger partial charge >= 0.3 is 0 Å². The van der Waals surface area contributed by atoms with Crippen molar-refractivity contribution in [1.29, 1.82) is 0 Å². The zero-order chi connectivity index (χ0) is 10.6. The van der Waals surface area contributed by atoms with Crippen molar-refractivity contribution in [3.05, 3.63) is 29.8 Å². The van der Waals surface area contributed by atoms with Crippen LogP contribution < -0.4 is 0 Å². The van der Waals surface area contributed by atoms with E-state index in [1.165, 1.54) is 6.07 Å². The van der Waals surface area contributed by atoms with Crippen molar-refractivity contribution in [2.75, 3.05) is 5.88 Å². The van der Waals surface area contributed by atoms with Crippen LogP contribution in [0.5, 0.6) is 5.75 Å². The van der Waals surface area contributed by atoms with Crippen LogP contribution in [-0.2, 0) is 0 Å². The van der Waals surface area contributed by atoms with Gasteiger partial charge in [0.1, 0.15) is 11.9 Å². The Hall–Kier alpha value is -0.770. The van der Waals surface area contributed by atoms with Crippen molar-refractivity contribution >= 4 is 11.6 Å². The second kappa shape index (κ2) is 5.20. The van der Waals surface area contributed by atoms with Crippen LogP contribution in [0.3, 0.4) is 0 Å². The van der Waals surface area contributed by atoms with Crippen LogP contribution in [0.25, 0.3) is 0 Å². The van der Waals surface area contributed by atoms with Crippen LogP contribution in [0, 0.1) is 0 Å². The minimum absolute atomic E-state index is 0.0198. The maximum Gasteiger partial charge on any atom is 0.121 e. The average molecular weight is 217 g/mol. The highest BCUT2D eigenvalue weighted by atomic mass is 35.5. The van der Waals surface area contributed by atoms with Crippen molar-refractivity contribution in [1.82, 2.24) is 0 Å². The van der Waals surface area contributed by atoms with E-state index in [0.29, 0.717) is 5.56 Å². The molecule has 1 aromatic rings. The number of aliphatic hydroxyl groups excluding tert-OH is 2. The molecule has 78 valence electrons. The van der Waals surface area contributed by atoms with E-state index in [2.05, 4.69) is 0 Å². The molecular formula is C10H13ClO3. The number of benzene rings is 1. The van der Waals surface area contributed by atoms with Crippen molar-refractivity contribution in [3.8, 4) is 5.75 Å². The van der Waals surface area contributed by atoms with E-state index in [1.807, 2.05) is 0 Å².